The summed E-state index contributed by atoms with van der Waals surface area (Å²) in [7, 11) is 0. The molecule has 2 aromatic rings. The Hall–Kier alpha value is -2.90. The van der Waals surface area contributed by atoms with Gasteiger partial charge >= 0.3 is 0 Å². The first kappa shape index (κ1) is 20.0. The largest absolute Gasteiger partial charge is 0.370 e. The molecule has 1 unspecified atom stereocenters. The van der Waals surface area contributed by atoms with Crippen molar-refractivity contribution in [3.05, 3.63) is 36.3 Å². The molecule has 8 heteroatoms. The number of amides is 1. The maximum absolute atomic E-state index is 13.5. The number of pyridine rings is 1. The predicted molar refractivity (Wildman–Crippen MR) is 122 cm³/mol. The molecule has 5 rings (SSSR count). The SMILES string of the molecule is CCNc1ncc2c(n1)N1CCCC1CN(CC1CCN(c3cccnc3)CC1)C2=O. The second-order valence-corrected chi connectivity index (χ2v) is 8.80. The van der Waals surface area contributed by atoms with E-state index in [0.29, 0.717) is 23.5 Å². The number of carbonyl (C=O) groups excluding carboxylic acids is 1. The molecule has 2 fully saturated rings. The van der Waals surface area contributed by atoms with Gasteiger partial charge in [-0.15, -0.1) is 0 Å². The number of hydrogen-bond acceptors (Lipinski definition) is 7. The van der Waals surface area contributed by atoms with Crippen LogP contribution in [-0.2, 0) is 0 Å². The maximum atomic E-state index is 13.5. The van der Waals surface area contributed by atoms with Crippen LogP contribution in [0, 0.1) is 5.92 Å². The minimum Gasteiger partial charge on any atom is -0.370 e. The van der Waals surface area contributed by atoms with E-state index in [0.717, 1.165) is 70.8 Å². The zero-order valence-corrected chi connectivity index (χ0v) is 18.2. The number of nitrogens with zero attached hydrogens (tertiary/aromatic N) is 6. The molecule has 0 bridgehead atoms. The van der Waals surface area contributed by atoms with Crippen molar-refractivity contribution in [3.63, 3.8) is 0 Å². The standard InChI is InChI=1S/C23H31N7O/c1-2-25-23-26-14-20-21(27-23)30-10-4-6-19(30)16-29(22(20)31)15-17-7-11-28(12-8-17)18-5-3-9-24-13-18/h3,5,9,13-14,17,19H,2,4,6-8,10-12,15-16H2,1H3,(H,25,26,27). The average Bonchev–Trinajstić information content (AvgIpc) is 3.24. The van der Waals surface area contributed by atoms with E-state index in [1.807, 2.05) is 25.4 Å². The van der Waals surface area contributed by atoms with Crippen molar-refractivity contribution >= 4 is 23.4 Å². The summed E-state index contributed by atoms with van der Waals surface area (Å²) in [6.07, 6.45) is 9.93. The summed E-state index contributed by atoms with van der Waals surface area (Å²) in [6, 6.07) is 4.47. The molecule has 3 aliphatic heterocycles. The van der Waals surface area contributed by atoms with Gasteiger partial charge in [-0.2, -0.15) is 4.98 Å². The highest BCUT2D eigenvalue weighted by Crippen LogP contribution is 2.33. The first-order chi connectivity index (χ1) is 15.2. The van der Waals surface area contributed by atoms with E-state index in [-0.39, 0.29) is 5.91 Å². The highest BCUT2D eigenvalue weighted by atomic mass is 16.2. The van der Waals surface area contributed by atoms with Gasteiger partial charge in [-0.1, -0.05) is 0 Å². The van der Waals surface area contributed by atoms with Crippen LogP contribution in [0.3, 0.4) is 0 Å². The molecule has 3 aliphatic rings. The van der Waals surface area contributed by atoms with Crippen LogP contribution in [0.15, 0.2) is 30.7 Å². The first-order valence-corrected chi connectivity index (χ1v) is 11.5. The summed E-state index contributed by atoms with van der Waals surface area (Å²) in [5.74, 6) is 2.03. The van der Waals surface area contributed by atoms with Crippen molar-refractivity contribution in [3.8, 4) is 0 Å². The van der Waals surface area contributed by atoms with Crippen molar-refractivity contribution in [2.75, 3.05) is 54.4 Å². The quantitative estimate of drug-likeness (QED) is 0.795. The van der Waals surface area contributed by atoms with E-state index in [9.17, 15) is 4.79 Å². The van der Waals surface area contributed by atoms with Crippen LogP contribution in [0.2, 0.25) is 0 Å². The Balaban J connectivity index is 1.31. The molecule has 2 saturated heterocycles. The normalized spacial score (nSPS) is 21.6. The summed E-state index contributed by atoms with van der Waals surface area (Å²) in [4.78, 5) is 33.7. The number of hydrogen-bond donors (Lipinski definition) is 1. The second-order valence-electron chi connectivity index (χ2n) is 8.80. The number of anilines is 3. The zero-order chi connectivity index (χ0) is 21.2. The molecule has 5 heterocycles. The Morgan fingerprint density at radius 3 is 2.81 bits per heavy atom. The van der Waals surface area contributed by atoms with Gasteiger partial charge in [0.15, 0.2) is 0 Å². The van der Waals surface area contributed by atoms with Gasteiger partial charge in [-0.3, -0.25) is 9.78 Å². The number of piperidine rings is 1. The van der Waals surface area contributed by atoms with Gasteiger partial charge in [0, 0.05) is 57.7 Å². The Bertz CT molecular complexity index is 913. The summed E-state index contributed by atoms with van der Waals surface area (Å²) >= 11 is 0. The Morgan fingerprint density at radius 2 is 2.03 bits per heavy atom. The molecule has 0 aliphatic carbocycles. The fourth-order valence-electron chi connectivity index (χ4n) is 5.18. The van der Waals surface area contributed by atoms with E-state index in [1.54, 1.807) is 6.20 Å². The fourth-order valence-corrected chi connectivity index (χ4v) is 5.18. The van der Waals surface area contributed by atoms with Crippen molar-refractivity contribution in [1.82, 2.24) is 19.9 Å². The van der Waals surface area contributed by atoms with Crippen molar-refractivity contribution < 1.29 is 4.79 Å². The molecule has 1 atom stereocenters. The molecule has 0 saturated carbocycles. The number of aromatic nitrogens is 3. The summed E-state index contributed by atoms with van der Waals surface area (Å²) < 4.78 is 0. The van der Waals surface area contributed by atoms with E-state index < -0.39 is 0 Å². The topological polar surface area (TPSA) is 77.5 Å². The number of rotatable bonds is 5. The van der Waals surface area contributed by atoms with Crippen molar-refractivity contribution in [1.29, 1.82) is 0 Å². The van der Waals surface area contributed by atoms with Gasteiger partial charge < -0.3 is 20.0 Å². The maximum Gasteiger partial charge on any atom is 0.259 e. The molecule has 0 spiro atoms. The predicted octanol–water partition coefficient (Wildman–Crippen LogP) is 2.64. The molecule has 0 aromatic carbocycles. The third kappa shape index (κ3) is 4.03. The van der Waals surface area contributed by atoms with Gasteiger partial charge in [0.1, 0.15) is 11.4 Å². The Morgan fingerprint density at radius 1 is 1.16 bits per heavy atom. The van der Waals surface area contributed by atoms with Crippen LogP contribution in [0.4, 0.5) is 17.5 Å². The summed E-state index contributed by atoms with van der Waals surface area (Å²) in [5.41, 5.74) is 1.84. The van der Waals surface area contributed by atoms with E-state index in [1.165, 1.54) is 5.69 Å². The number of fused-ring (bicyclic) bond motifs is 3. The molecular weight excluding hydrogens is 390 g/mol. The number of nitrogens with one attached hydrogen (secondary N) is 1. The highest BCUT2D eigenvalue weighted by molar-refractivity contribution is 5.99. The minimum atomic E-state index is 0.0853. The van der Waals surface area contributed by atoms with Crippen LogP contribution in [-0.4, -0.2) is 71.1 Å². The van der Waals surface area contributed by atoms with Gasteiger partial charge in [0.25, 0.3) is 5.91 Å². The molecule has 1 N–H and O–H groups in total. The third-order valence-corrected chi connectivity index (χ3v) is 6.81. The van der Waals surface area contributed by atoms with Crippen LogP contribution < -0.4 is 15.1 Å². The van der Waals surface area contributed by atoms with Crippen LogP contribution >= 0.6 is 0 Å². The number of carbonyl (C=O) groups is 1. The molecule has 8 nitrogen and oxygen atoms in total. The van der Waals surface area contributed by atoms with Gasteiger partial charge in [0.05, 0.1) is 11.9 Å². The lowest BCUT2D eigenvalue weighted by molar-refractivity contribution is 0.0716. The lowest BCUT2D eigenvalue weighted by Crippen LogP contribution is -2.44. The fraction of sp³-hybridized carbons (Fsp3) is 0.565. The van der Waals surface area contributed by atoms with Gasteiger partial charge in [-0.05, 0) is 50.7 Å². The molecule has 31 heavy (non-hydrogen) atoms. The lowest BCUT2D eigenvalue weighted by Gasteiger charge is -2.36. The highest BCUT2D eigenvalue weighted by Gasteiger charge is 2.37. The second kappa shape index (κ2) is 8.69. The van der Waals surface area contributed by atoms with E-state index >= 15 is 0 Å². The first-order valence-electron chi connectivity index (χ1n) is 11.5. The van der Waals surface area contributed by atoms with Crippen LogP contribution in [0.5, 0.6) is 0 Å². The van der Waals surface area contributed by atoms with Crippen LogP contribution in [0.1, 0.15) is 43.0 Å². The van der Waals surface area contributed by atoms with E-state index in [4.69, 9.17) is 4.98 Å². The monoisotopic (exact) mass is 421 g/mol. The van der Waals surface area contributed by atoms with Crippen molar-refractivity contribution in [2.24, 2.45) is 5.92 Å². The summed E-state index contributed by atoms with van der Waals surface area (Å²) in [5, 5.41) is 3.18. The Labute approximate surface area is 183 Å². The molecule has 164 valence electrons. The zero-order valence-electron chi connectivity index (χ0n) is 18.2. The summed E-state index contributed by atoms with van der Waals surface area (Å²) in [6.45, 7) is 7.39. The molecule has 1 amide bonds. The molecule has 0 radical (unpaired) electrons. The average molecular weight is 422 g/mol. The molecular formula is C23H31N7O. The van der Waals surface area contributed by atoms with Crippen LogP contribution in [0.25, 0.3) is 0 Å². The van der Waals surface area contributed by atoms with Gasteiger partial charge in [-0.25, -0.2) is 4.98 Å². The smallest absolute Gasteiger partial charge is 0.259 e. The van der Waals surface area contributed by atoms with Gasteiger partial charge in [0.2, 0.25) is 5.95 Å². The lowest BCUT2D eigenvalue weighted by atomic mass is 9.95. The minimum absolute atomic E-state index is 0.0853. The molecule has 2 aromatic heterocycles. The third-order valence-electron chi connectivity index (χ3n) is 6.81. The van der Waals surface area contributed by atoms with E-state index in [2.05, 4.69) is 36.1 Å². The van der Waals surface area contributed by atoms with Crippen molar-refractivity contribution in [2.45, 2.75) is 38.6 Å². The Kier molecular flexibility index (Phi) is 5.61.